The number of hydrogen-bond acceptors (Lipinski definition) is 3. The van der Waals surface area contributed by atoms with Gasteiger partial charge in [0.15, 0.2) is 0 Å². The molecule has 0 aliphatic heterocycles. The molecule has 0 amide bonds. The minimum atomic E-state index is -0.547. The molecule has 2 unspecified atom stereocenters. The number of hydrogen-bond donors (Lipinski definition) is 2. The topological polar surface area (TPSA) is 55.5 Å². The van der Waals surface area contributed by atoms with E-state index in [0.29, 0.717) is 6.61 Å². The molecule has 1 aliphatic rings. The predicted molar refractivity (Wildman–Crippen MR) is 63.1 cm³/mol. The first-order chi connectivity index (χ1) is 7.81. The number of rotatable bonds is 4. The molecule has 0 aromatic heterocycles. The largest absolute Gasteiger partial charge is 0.389 e. The Labute approximate surface area is 96.2 Å². The summed E-state index contributed by atoms with van der Waals surface area (Å²) in [7, 11) is 0. The molecule has 88 valence electrons. The van der Waals surface area contributed by atoms with Crippen LogP contribution in [-0.2, 0) is 11.2 Å². The molecule has 3 nitrogen and oxygen atoms in total. The van der Waals surface area contributed by atoms with Crippen molar-refractivity contribution in [2.24, 2.45) is 5.73 Å². The fourth-order valence-corrected chi connectivity index (χ4v) is 2.18. The van der Waals surface area contributed by atoms with E-state index >= 15 is 0 Å². The van der Waals surface area contributed by atoms with Crippen molar-refractivity contribution >= 4 is 0 Å². The lowest BCUT2D eigenvalue weighted by molar-refractivity contribution is -0.0141. The van der Waals surface area contributed by atoms with Crippen molar-refractivity contribution in [3.63, 3.8) is 0 Å². The van der Waals surface area contributed by atoms with E-state index in [4.69, 9.17) is 10.5 Å². The summed E-state index contributed by atoms with van der Waals surface area (Å²) >= 11 is 0. The van der Waals surface area contributed by atoms with E-state index in [1.165, 1.54) is 11.1 Å². The molecule has 0 spiro atoms. The monoisotopic (exact) mass is 221 g/mol. The van der Waals surface area contributed by atoms with E-state index in [9.17, 15) is 5.11 Å². The predicted octanol–water partition coefficient (Wildman–Crippen LogP) is 1.40. The highest BCUT2D eigenvalue weighted by Gasteiger charge is 2.20. The third kappa shape index (κ3) is 2.61. The average Bonchev–Trinajstić information content (AvgIpc) is 2.35. The van der Waals surface area contributed by atoms with Crippen molar-refractivity contribution in [2.75, 3.05) is 13.2 Å². The van der Waals surface area contributed by atoms with E-state index in [1.807, 2.05) is 6.07 Å². The highest BCUT2D eigenvalue weighted by molar-refractivity contribution is 5.31. The number of fused-ring (bicyclic) bond motifs is 1. The molecule has 16 heavy (non-hydrogen) atoms. The average molecular weight is 221 g/mol. The fourth-order valence-electron chi connectivity index (χ4n) is 2.18. The quantitative estimate of drug-likeness (QED) is 0.808. The zero-order valence-corrected chi connectivity index (χ0v) is 9.43. The van der Waals surface area contributed by atoms with Gasteiger partial charge in [0.25, 0.3) is 0 Å². The lowest BCUT2D eigenvalue weighted by Gasteiger charge is -2.26. The maximum atomic E-state index is 9.39. The Morgan fingerprint density at radius 3 is 3.06 bits per heavy atom. The van der Waals surface area contributed by atoms with Crippen LogP contribution in [0.25, 0.3) is 0 Å². The molecule has 2 rings (SSSR count). The molecular formula is C13H19NO2. The second-order valence-electron chi connectivity index (χ2n) is 4.30. The van der Waals surface area contributed by atoms with Crippen LogP contribution >= 0.6 is 0 Å². The number of nitrogens with two attached hydrogens (primary N) is 1. The second-order valence-corrected chi connectivity index (χ2v) is 4.30. The van der Waals surface area contributed by atoms with Gasteiger partial charge in [-0.05, 0) is 30.4 Å². The van der Waals surface area contributed by atoms with E-state index in [2.05, 4.69) is 18.2 Å². The van der Waals surface area contributed by atoms with Gasteiger partial charge in [-0.1, -0.05) is 24.3 Å². The molecule has 0 radical (unpaired) electrons. The Morgan fingerprint density at radius 2 is 2.25 bits per heavy atom. The van der Waals surface area contributed by atoms with Gasteiger partial charge in [-0.2, -0.15) is 0 Å². The first-order valence-corrected chi connectivity index (χ1v) is 5.89. The summed E-state index contributed by atoms with van der Waals surface area (Å²) in [5.41, 5.74) is 8.00. The smallest absolute Gasteiger partial charge is 0.0895 e. The summed E-state index contributed by atoms with van der Waals surface area (Å²) in [6.45, 7) is 0.587. The maximum absolute atomic E-state index is 9.39. The van der Waals surface area contributed by atoms with Crippen LogP contribution in [0.4, 0.5) is 0 Å². The van der Waals surface area contributed by atoms with Gasteiger partial charge < -0.3 is 15.6 Å². The van der Waals surface area contributed by atoms with Gasteiger partial charge in [0.1, 0.15) is 0 Å². The third-order valence-electron chi connectivity index (χ3n) is 3.08. The van der Waals surface area contributed by atoms with Crippen LogP contribution in [0.3, 0.4) is 0 Å². The minimum Gasteiger partial charge on any atom is -0.389 e. The van der Waals surface area contributed by atoms with Crippen LogP contribution in [0.2, 0.25) is 0 Å². The normalized spacial score (nSPS) is 21.5. The Balaban J connectivity index is 2.01. The van der Waals surface area contributed by atoms with Crippen molar-refractivity contribution < 1.29 is 9.84 Å². The van der Waals surface area contributed by atoms with Crippen molar-refractivity contribution in [2.45, 2.75) is 31.5 Å². The zero-order valence-electron chi connectivity index (χ0n) is 9.43. The number of aliphatic hydroxyl groups is 1. The summed E-state index contributed by atoms with van der Waals surface area (Å²) in [5, 5.41) is 9.39. The molecule has 0 saturated heterocycles. The lowest BCUT2D eigenvalue weighted by atomic mass is 9.89. The second kappa shape index (κ2) is 5.43. The summed E-state index contributed by atoms with van der Waals surface area (Å²) in [5.74, 6) is 0. The number of aliphatic hydroxyl groups excluding tert-OH is 1. The molecule has 0 heterocycles. The molecule has 0 saturated carbocycles. The van der Waals surface area contributed by atoms with Crippen LogP contribution in [0.1, 0.15) is 30.1 Å². The fraction of sp³-hybridized carbons (Fsp3) is 0.538. The van der Waals surface area contributed by atoms with Crippen molar-refractivity contribution in [3.05, 3.63) is 35.4 Å². The van der Waals surface area contributed by atoms with Crippen molar-refractivity contribution in [1.29, 1.82) is 0 Å². The zero-order chi connectivity index (χ0) is 11.4. The standard InChI is InChI=1S/C13H19NO2/c14-8-11(15)9-16-13-7-3-5-10-4-1-2-6-12(10)13/h1-2,4,6,11,13,15H,3,5,7-9,14H2. The van der Waals surface area contributed by atoms with Crippen molar-refractivity contribution in [1.82, 2.24) is 0 Å². The molecule has 3 heteroatoms. The summed E-state index contributed by atoms with van der Waals surface area (Å²) in [6.07, 6.45) is 2.91. The Kier molecular flexibility index (Phi) is 3.93. The van der Waals surface area contributed by atoms with Gasteiger partial charge in [-0.15, -0.1) is 0 Å². The van der Waals surface area contributed by atoms with Crippen LogP contribution in [0, 0.1) is 0 Å². The molecule has 0 fully saturated rings. The van der Waals surface area contributed by atoms with E-state index in [1.54, 1.807) is 0 Å². The number of benzene rings is 1. The molecule has 3 N–H and O–H groups in total. The maximum Gasteiger partial charge on any atom is 0.0895 e. The SMILES string of the molecule is NCC(O)COC1CCCc2ccccc21. The number of ether oxygens (including phenoxy) is 1. The molecule has 2 atom stereocenters. The number of aryl methyl sites for hydroxylation is 1. The van der Waals surface area contributed by atoms with Gasteiger partial charge in [-0.25, -0.2) is 0 Å². The van der Waals surface area contributed by atoms with Crippen LogP contribution in [0.15, 0.2) is 24.3 Å². The van der Waals surface area contributed by atoms with E-state index in [-0.39, 0.29) is 12.6 Å². The third-order valence-corrected chi connectivity index (χ3v) is 3.08. The molecule has 1 aromatic carbocycles. The Hall–Kier alpha value is -0.900. The molecular weight excluding hydrogens is 202 g/mol. The summed E-state index contributed by atoms with van der Waals surface area (Å²) < 4.78 is 5.73. The molecule has 1 aliphatic carbocycles. The lowest BCUT2D eigenvalue weighted by Crippen LogP contribution is -2.27. The summed E-state index contributed by atoms with van der Waals surface area (Å²) in [4.78, 5) is 0. The summed E-state index contributed by atoms with van der Waals surface area (Å²) in [6, 6.07) is 8.38. The van der Waals surface area contributed by atoms with Gasteiger partial charge >= 0.3 is 0 Å². The van der Waals surface area contributed by atoms with E-state index in [0.717, 1.165) is 19.3 Å². The Morgan fingerprint density at radius 1 is 1.44 bits per heavy atom. The van der Waals surface area contributed by atoms with Crippen LogP contribution in [-0.4, -0.2) is 24.4 Å². The first kappa shape index (κ1) is 11.6. The first-order valence-electron chi connectivity index (χ1n) is 5.89. The molecule has 0 bridgehead atoms. The minimum absolute atomic E-state index is 0.131. The van der Waals surface area contributed by atoms with E-state index < -0.39 is 6.10 Å². The van der Waals surface area contributed by atoms with Gasteiger partial charge in [0, 0.05) is 6.54 Å². The van der Waals surface area contributed by atoms with Gasteiger partial charge in [0.05, 0.1) is 18.8 Å². The van der Waals surface area contributed by atoms with Gasteiger partial charge in [-0.3, -0.25) is 0 Å². The van der Waals surface area contributed by atoms with Gasteiger partial charge in [0.2, 0.25) is 0 Å². The highest BCUT2D eigenvalue weighted by Crippen LogP contribution is 2.32. The molecule has 1 aromatic rings. The van der Waals surface area contributed by atoms with Crippen LogP contribution < -0.4 is 5.73 Å². The highest BCUT2D eigenvalue weighted by atomic mass is 16.5. The Bertz CT molecular complexity index is 340. The van der Waals surface area contributed by atoms with Crippen molar-refractivity contribution in [3.8, 4) is 0 Å². The van der Waals surface area contributed by atoms with Crippen LogP contribution in [0.5, 0.6) is 0 Å².